The maximum atomic E-state index is 12.8. The van der Waals surface area contributed by atoms with Gasteiger partial charge in [0.15, 0.2) is 5.82 Å². The number of rotatable bonds is 3. The van der Waals surface area contributed by atoms with Gasteiger partial charge in [-0.15, -0.1) is 0 Å². The van der Waals surface area contributed by atoms with Crippen molar-refractivity contribution in [2.75, 3.05) is 13.1 Å². The molecule has 1 aromatic heterocycles. The number of amides is 2. The lowest BCUT2D eigenvalue weighted by atomic mass is 9.96. The highest BCUT2D eigenvalue weighted by atomic mass is 19.1. The van der Waals surface area contributed by atoms with Crippen molar-refractivity contribution in [1.82, 2.24) is 20.2 Å². The van der Waals surface area contributed by atoms with Crippen LogP contribution in [0.2, 0.25) is 0 Å². The van der Waals surface area contributed by atoms with E-state index in [0.717, 1.165) is 38.1 Å². The number of hydrogen-bond donors (Lipinski definition) is 1. The quantitative estimate of drug-likeness (QED) is 0.928. The molecule has 126 valence electrons. The predicted octanol–water partition coefficient (Wildman–Crippen LogP) is 2.50. The van der Waals surface area contributed by atoms with Gasteiger partial charge in [0, 0.05) is 32.0 Å². The summed E-state index contributed by atoms with van der Waals surface area (Å²) in [6.07, 6.45) is 9.50. The average molecular weight is 322 g/mol. The van der Waals surface area contributed by atoms with Gasteiger partial charge in [0.05, 0.1) is 12.4 Å². The second kappa shape index (κ2) is 7.57. The number of hydrogen-bond acceptors (Lipinski definition) is 4. The lowest BCUT2D eigenvalue weighted by Gasteiger charge is -2.33. The first-order valence-corrected chi connectivity index (χ1v) is 8.40. The Kier molecular flexibility index (Phi) is 5.25. The molecular formula is C16H23FN4O2. The summed E-state index contributed by atoms with van der Waals surface area (Å²) < 4.78 is 18.4. The van der Waals surface area contributed by atoms with E-state index in [1.807, 2.05) is 4.90 Å². The Labute approximate surface area is 135 Å². The van der Waals surface area contributed by atoms with Crippen LogP contribution in [0.4, 0.5) is 9.18 Å². The zero-order valence-electron chi connectivity index (χ0n) is 13.2. The van der Waals surface area contributed by atoms with Crippen LogP contribution >= 0.6 is 0 Å². The van der Waals surface area contributed by atoms with Crippen molar-refractivity contribution in [3.05, 3.63) is 18.2 Å². The van der Waals surface area contributed by atoms with Crippen LogP contribution in [0.1, 0.15) is 44.9 Å². The number of nitrogens with one attached hydrogen (secondary N) is 1. The van der Waals surface area contributed by atoms with Crippen LogP contribution in [0, 0.1) is 5.82 Å². The zero-order chi connectivity index (χ0) is 16.1. The fourth-order valence-electron chi connectivity index (χ4n) is 3.20. The molecule has 1 aromatic rings. The number of aromatic nitrogens is 2. The van der Waals surface area contributed by atoms with Crippen molar-refractivity contribution >= 4 is 6.03 Å². The van der Waals surface area contributed by atoms with Crippen LogP contribution in [0.3, 0.4) is 0 Å². The van der Waals surface area contributed by atoms with Gasteiger partial charge in [0.1, 0.15) is 6.10 Å². The molecule has 2 aliphatic rings. The van der Waals surface area contributed by atoms with Crippen LogP contribution in [0.5, 0.6) is 6.01 Å². The Morgan fingerprint density at radius 2 is 1.78 bits per heavy atom. The number of carbonyl (C=O) groups is 1. The molecule has 0 unspecified atom stereocenters. The van der Waals surface area contributed by atoms with Gasteiger partial charge in [0.25, 0.3) is 0 Å². The molecule has 1 aliphatic carbocycles. The third-order valence-corrected chi connectivity index (χ3v) is 4.53. The number of nitrogens with zero attached hydrogens (tertiary/aromatic N) is 3. The Bertz CT molecular complexity index is 511. The van der Waals surface area contributed by atoms with Crippen LogP contribution in [0.15, 0.2) is 12.4 Å². The second-order valence-corrected chi connectivity index (χ2v) is 6.27. The van der Waals surface area contributed by atoms with E-state index in [9.17, 15) is 9.18 Å². The standard InChI is InChI=1S/C16H23FN4O2/c17-12-10-18-15(19-11-12)23-14-6-8-21(9-7-14)16(22)20-13-4-2-1-3-5-13/h10-11,13-14H,1-9H2,(H,20,22). The third kappa shape index (κ3) is 4.53. The monoisotopic (exact) mass is 322 g/mol. The number of ether oxygens (including phenoxy) is 1. The molecule has 2 fully saturated rings. The molecule has 2 amide bonds. The van der Waals surface area contributed by atoms with Crippen molar-refractivity contribution in [1.29, 1.82) is 0 Å². The van der Waals surface area contributed by atoms with E-state index in [-0.39, 0.29) is 18.1 Å². The van der Waals surface area contributed by atoms with Crippen molar-refractivity contribution in [3.63, 3.8) is 0 Å². The van der Waals surface area contributed by atoms with Gasteiger partial charge in [-0.05, 0) is 12.8 Å². The minimum absolute atomic E-state index is 0.0285. The summed E-state index contributed by atoms with van der Waals surface area (Å²) in [5, 5.41) is 3.14. The molecule has 1 aliphatic heterocycles. The summed E-state index contributed by atoms with van der Waals surface area (Å²) in [7, 11) is 0. The fourth-order valence-corrected chi connectivity index (χ4v) is 3.20. The predicted molar refractivity (Wildman–Crippen MR) is 82.6 cm³/mol. The number of carbonyl (C=O) groups excluding carboxylic acids is 1. The molecule has 2 heterocycles. The minimum atomic E-state index is -0.480. The van der Waals surface area contributed by atoms with Crippen molar-refractivity contribution < 1.29 is 13.9 Å². The molecule has 1 saturated carbocycles. The fraction of sp³-hybridized carbons (Fsp3) is 0.688. The molecular weight excluding hydrogens is 299 g/mol. The molecule has 3 rings (SSSR count). The molecule has 0 bridgehead atoms. The van der Waals surface area contributed by atoms with Gasteiger partial charge in [-0.3, -0.25) is 0 Å². The topological polar surface area (TPSA) is 67.4 Å². The summed E-state index contributed by atoms with van der Waals surface area (Å²) in [6.45, 7) is 1.31. The van der Waals surface area contributed by atoms with Crippen LogP contribution in [-0.2, 0) is 0 Å². The first kappa shape index (κ1) is 16.0. The normalized spacial score (nSPS) is 20.3. The SMILES string of the molecule is O=C(NC1CCCCC1)N1CCC(Oc2ncc(F)cn2)CC1. The summed E-state index contributed by atoms with van der Waals surface area (Å²) >= 11 is 0. The number of urea groups is 1. The van der Waals surface area contributed by atoms with E-state index in [0.29, 0.717) is 19.1 Å². The number of halogens is 1. The van der Waals surface area contributed by atoms with E-state index in [2.05, 4.69) is 15.3 Å². The van der Waals surface area contributed by atoms with Crippen molar-refractivity contribution in [3.8, 4) is 6.01 Å². The summed E-state index contributed by atoms with van der Waals surface area (Å²) in [5.74, 6) is -0.480. The Hall–Kier alpha value is -1.92. The first-order chi connectivity index (χ1) is 11.2. The largest absolute Gasteiger partial charge is 0.460 e. The van der Waals surface area contributed by atoms with Crippen molar-refractivity contribution in [2.45, 2.75) is 57.1 Å². The van der Waals surface area contributed by atoms with Gasteiger partial charge < -0.3 is 15.0 Å². The van der Waals surface area contributed by atoms with Gasteiger partial charge in [-0.1, -0.05) is 19.3 Å². The molecule has 1 saturated heterocycles. The molecule has 0 atom stereocenters. The van der Waals surface area contributed by atoms with E-state index in [4.69, 9.17) is 4.74 Å². The lowest BCUT2D eigenvalue weighted by molar-refractivity contribution is 0.101. The summed E-state index contributed by atoms with van der Waals surface area (Å²) in [6, 6.07) is 0.558. The Morgan fingerprint density at radius 3 is 2.43 bits per heavy atom. The molecule has 0 radical (unpaired) electrons. The van der Waals surface area contributed by atoms with E-state index >= 15 is 0 Å². The van der Waals surface area contributed by atoms with Gasteiger partial charge in [-0.2, -0.15) is 0 Å². The lowest BCUT2D eigenvalue weighted by Crippen LogP contribution is -2.49. The highest BCUT2D eigenvalue weighted by Gasteiger charge is 2.26. The van der Waals surface area contributed by atoms with Crippen molar-refractivity contribution in [2.24, 2.45) is 0 Å². The molecule has 1 N–H and O–H groups in total. The number of piperidine rings is 1. The summed E-state index contributed by atoms with van der Waals surface area (Å²) in [5.41, 5.74) is 0. The number of likely N-dealkylation sites (tertiary alicyclic amines) is 1. The maximum absolute atomic E-state index is 12.8. The van der Waals surface area contributed by atoms with Gasteiger partial charge in [0.2, 0.25) is 0 Å². The second-order valence-electron chi connectivity index (χ2n) is 6.27. The molecule has 23 heavy (non-hydrogen) atoms. The zero-order valence-corrected chi connectivity index (χ0v) is 13.2. The third-order valence-electron chi connectivity index (χ3n) is 4.53. The van der Waals surface area contributed by atoms with E-state index in [1.165, 1.54) is 19.3 Å². The summed E-state index contributed by atoms with van der Waals surface area (Å²) in [4.78, 5) is 21.7. The highest BCUT2D eigenvalue weighted by molar-refractivity contribution is 5.74. The molecule has 7 heteroatoms. The highest BCUT2D eigenvalue weighted by Crippen LogP contribution is 2.19. The van der Waals surface area contributed by atoms with Gasteiger partial charge >= 0.3 is 12.0 Å². The van der Waals surface area contributed by atoms with Crippen LogP contribution in [-0.4, -0.2) is 46.1 Å². The van der Waals surface area contributed by atoms with E-state index in [1.54, 1.807) is 0 Å². The average Bonchev–Trinajstić information content (AvgIpc) is 2.58. The van der Waals surface area contributed by atoms with Crippen LogP contribution < -0.4 is 10.1 Å². The van der Waals surface area contributed by atoms with Gasteiger partial charge in [-0.25, -0.2) is 19.2 Å². The maximum Gasteiger partial charge on any atom is 0.317 e. The smallest absolute Gasteiger partial charge is 0.317 e. The molecule has 6 nitrogen and oxygen atoms in total. The van der Waals surface area contributed by atoms with E-state index < -0.39 is 5.82 Å². The minimum Gasteiger partial charge on any atom is -0.460 e. The van der Waals surface area contributed by atoms with Crippen LogP contribution in [0.25, 0.3) is 0 Å². The first-order valence-electron chi connectivity index (χ1n) is 8.40. The molecule has 0 aromatic carbocycles. The Balaban J connectivity index is 1.42. The molecule has 0 spiro atoms. The Morgan fingerprint density at radius 1 is 1.13 bits per heavy atom.